The average molecular weight is 500 g/mol. The van der Waals surface area contributed by atoms with Gasteiger partial charge < -0.3 is 26.2 Å². The number of rotatable bonds is 9. The highest BCUT2D eigenvalue weighted by Gasteiger charge is 2.29. The number of nitrogens with one attached hydrogen (secondary N) is 3. The van der Waals surface area contributed by atoms with Gasteiger partial charge >= 0.3 is 5.97 Å². The molecule has 5 N–H and O–H groups in total. The molecule has 2 heterocycles. The number of nitrogens with two attached hydrogens (primary N) is 1. The molecule has 2 aromatic heterocycles. The Kier molecular flexibility index (Phi) is 8.45. The van der Waals surface area contributed by atoms with Crippen molar-refractivity contribution in [3.8, 4) is 0 Å². The second-order valence-corrected chi connectivity index (χ2v) is 8.21. The van der Waals surface area contributed by atoms with E-state index in [4.69, 9.17) is 22.1 Å². The zero-order chi connectivity index (χ0) is 25.5. The molecule has 0 bridgehead atoms. The van der Waals surface area contributed by atoms with Crippen molar-refractivity contribution in [3.63, 3.8) is 0 Å². The van der Waals surface area contributed by atoms with Crippen LogP contribution >= 0.6 is 11.6 Å². The summed E-state index contributed by atoms with van der Waals surface area (Å²) in [5.74, 6) is -1.41. The zero-order valence-corrected chi connectivity index (χ0v) is 20.0. The predicted octanol–water partition coefficient (Wildman–Crippen LogP) is 1.62. The Bertz CT molecular complexity index is 1350. The first-order chi connectivity index (χ1) is 16.7. The second kappa shape index (κ2) is 11.5. The van der Waals surface area contributed by atoms with E-state index in [-0.39, 0.29) is 30.8 Å². The molecule has 1 aromatic carbocycles. The van der Waals surface area contributed by atoms with E-state index in [2.05, 4.69) is 15.7 Å². The number of aryl methyl sites for hydroxylation is 1. The Morgan fingerprint density at radius 1 is 1.14 bits per heavy atom. The maximum absolute atomic E-state index is 13.3. The van der Waals surface area contributed by atoms with E-state index in [1.807, 2.05) is 0 Å². The lowest BCUT2D eigenvalue weighted by atomic mass is 10.0. The molecule has 0 saturated carbocycles. The van der Waals surface area contributed by atoms with Crippen LogP contribution in [-0.4, -0.2) is 21.5 Å². The molecule has 1 amide bonds. The molecule has 0 aliphatic carbocycles. The Morgan fingerprint density at radius 2 is 1.91 bits per heavy atom. The third-order valence-electron chi connectivity index (χ3n) is 5.31. The van der Waals surface area contributed by atoms with Crippen molar-refractivity contribution >= 4 is 23.5 Å². The number of nitrogens with zero attached hydrogens (tertiary/aromatic N) is 1. The minimum Gasteiger partial charge on any atom is -0.447 e. The Morgan fingerprint density at radius 3 is 2.60 bits per heavy atom. The Balaban J connectivity index is 1.88. The van der Waals surface area contributed by atoms with Crippen LogP contribution in [0.2, 0.25) is 5.02 Å². The topological polar surface area (TPSA) is 148 Å². The molecule has 10 nitrogen and oxygen atoms in total. The SMILES string of the molecule is CC(=O)OC(C(=O)NCc1cc(Cl)ccc1CN)c1c(C)ccn(NCc2ccc[nH]c2=O)c1=O. The fourth-order valence-electron chi connectivity index (χ4n) is 3.49. The number of carbonyl (C=O) groups is 2. The summed E-state index contributed by atoms with van der Waals surface area (Å²) in [6.45, 7) is 3.16. The molecule has 0 spiro atoms. The summed E-state index contributed by atoms with van der Waals surface area (Å²) < 4.78 is 6.41. The van der Waals surface area contributed by atoms with Gasteiger partial charge in [0.2, 0.25) is 6.10 Å². The number of H-pyrrole nitrogens is 1. The number of esters is 1. The minimum atomic E-state index is -1.49. The van der Waals surface area contributed by atoms with Crippen LogP contribution in [-0.2, 0) is 34.0 Å². The van der Waals surface area contributed by atoms with E-state index in [1.54, 1.807) is 43.3 Å². The first kappa shape index (κ1) is 25.7. The molecule has 0 radical (unpaired) electrons. The molecule has 184 valence electrons. The lowest BCUT2D eigenvalue weighted by Gasteiger charge is -2.20. The van der Waals surface area contributed by atoms with E-state index in [0.29, 0.717) is 21.7 Å². The second-order valence-electron chi connectivity index (χ2n) is 7.77. The molecule has 1 unspecified atom stereocenters. The molecule has 0 saturated heterocycles. The summed E-state index contributed by atoms with van der Waals surface area (Å²) in [6, 6.07) is 10.0. The summed E-state index contributed by atoms with van der Waals surface area (Å²) in [7, 11) is 0. The number of aromatic amines is 1. The molecule has 0 aliphatic heterocycles. The fourth-order valence-corrected chi connectivity index (χ4v) is 3.69. The van der Waals surface area contributed by atoms with Crippen molar-refractivity contribution in [2.45, 2.75) is 39.6 Å². The molecule has 0 aliphatic rings. The van der Waals surface area contributed by atoms with Crippen LogP contribution in [0.25, 0.3) is 0 Å². The molecular formula is C24H26ClN5O5. The van der Waals surface area contributed by atoms with Gasteiger partial charge in [0, 0.05) is 43.0 Å². The maximum atomic E-state index is 13.3. The number of pyridine rings is 2. The van der Waals surface area contributed by atoms with Gasteiger partial charge in [-0.1, -0.05) is 23.7 Å². The van der Waals surface area contributed by atoms with Crippen LogP contribution < -0.4 is 27.6 Å². The fraction of sp³-hybridized carbons (Fsp3) is 0.250. The highest BCUT2D eigenvalue weighted by molar-refractivity contribution is 6.30. The minimum absolute atomic E-state index is 0.0141. The number of amides is 1. The van der Waals surface area contributed by atoms with Crippen molar-refractivity contribution in [3.05, 3.63) is 102 Å². The summed E-state index contributed by atoms with van der Waals surface area (Å²) in [6.07, 6.45) is 1.49. The van der Waals surface area contributed by atoms with Crippen LogP contribution in [0.15, 0.2) is 58.4 Å². The van der Waals surface area contributed by atoms with Crippen molar-refractivity contribution < 1.29 is 14.3 Å². The number of ether oxygens (including phenoxy) is 1. The third kappa shape index (κ3) is 6.37. The molecule has 3 aromatic rings. The molecule has 3 rings (SSSR count). The maximum Gasteiger partial charge on any atom is 0.303 e. The van der Waals surface area contributed by atoms with Gasteiger partial charge in [-0.3, -0.25) is 19.2 Å². The largest absolute Gasteiger partial charge is 0.447 e. The predicted molar refractivity (Wildman–Crippen MR) is 131 cm³/mol. The van der Waals surface area contributed by atoms with Crippen molar-refractivity contribution in [2.75, 3.05) is 5.43 Å². The van der Waals surface area contributed by atoms with Crippen LogP contribution in [0.5, 0.6) is 0 Å². The lowest BCUT2D eigenvalue weighted by molar-refractivity contribution is -0.154. The van der Waals surface area contributed by atoms with Gasteiger partial charge in [0.15, 0.2) is 0 Å². The smallest absolute Gasteiger partial charge is 0.303 e. The van der Waals surface area contributed by atoms with Gasteiger partial charge in [-0.05, 0) is 47.9 Å². The van der Waals surface area contributed by atoms with E-state index in [0.717, 1.165) is 17.2 Å². The summed E-state index contributed by atoms with van der Waals surface area (Å²) >= 11 is 6.06. The number of hydrogen-bond donors (Lipinski definition) is 4. The highest BCUT2D eigenvalue weighted by Crippen LogP contribution is 2.20. The molecule has 0 fully saturated rings. The van der Waals surface area contributed by atoms with Gasteiger partial charge in [0.25, 0.3) is 17.0 Å². The standard InChI is InChI=1S/C24H26ClN5O5/c1-14-7-9-30(29-13-17-4-3-8-27-22(17)32)24(34)20(14)21(35-15(2)31)23(33)28-12-18-10-19(25)6-5-16(18)11-26/h3-10,21,29H,11-13,26H2,1-2H3,(H,27,32)(H,28,33). The number of aromatic nitrogens is 2. The Hall–Kier alpha value is -3.89. The van der Waals surface area contributed by atoms with Crippen molar-refractivity contribution in [1.82, 2.24) is 15.0 Å². The quantitative estimate of drug-likeness (QED) is 0.327. The third-order valence-corrected chi connectivity index (χ3v) is 5.55. The van der Waals surface area contributed by atoms with Crippen LogP contribution in [0.3, 0.4) is 0 Å². The van der Waals surface area contributed by atoms with E-state index in [9.17, 15) is 19.2 Å². The van der Waals surface area contributed by atoms with E-state index >= 15 is 0 Å². The first-order valence-corrected chi connectivity index (χ1v) is 11.1. The lowest BCUT2D eigenvalue weighted by Crippen LogP contribution is -2.39. The van der Waals surface area contributed by atoms with Crippen molar-refractivity contribution in [1.29, 1.82) is 0 Å². The molecular weight excluding hydrogens is 474 g/mol. The normalized spacial score (nSPS) is 11.5. The highest BCUT2D eigenvalue weighted by atomic mass is 35.5. The summed E-state index contributed by atoms with van der Waals surface area (Å²) in [5.41, 5.74) is 10.1. The van der Waals surface area contributed by atoms with Gasteiger partial charge in [-0.25, -0.2) is 4.68 Å². The van der Waals surface area contributed by atoms with Crippen LogP contribution in [0, 0.1) is 6.92 Å². The molecule has 35 heavy (non-hydrogen) atoms. The Labute approximate surface area is 206 Å². The van der Waals surface area contributed by atoms with Crippen LogP contribution in [0.4, 0.5) is 0 Å². The van der Waals surface area contributed by atoms with E-state index in [1.165, 1.54) is 12.4 Å². The van der Waals surface area contributed by atoms with Gasteiger partial charge in [-0.15, -0.1) is 0 Å². The molecule has 1 atom stereocenters. The number of hydrogen-bond acceptors (Lipinski definition) is 7. The zero-order valence-electron chi connectivity index (χ0n) is 19.3. The monoisotopic (exact) mass is 499 g/mol. The van der Waals surface area contributed by atoms with Gasteiger partial charge in [0.1, 0.15) is 0 Å². The van der Waals surface area contributed by atoms with Crippen molar-refractivity contribution in [2.24, 2.45) is 5.73 Å². The van der Waals surface area contributed by atoms with Gasteiger partial charge in [0.05, 0.1) is 12.1 Å². The number of carbonyl (C=O) groups excluding carboxylic acids is 2. The number of benzene rings is 1. The summed E-state index contributed by atoms with van der Waals surface area (Å²) in [5, 5.41) is 3.18. The average Bonchev–Trinajstić information content (AvgIpc) is 2.82. The summed E-state index contributed by atoms with van der Waals surface area (Å²) in [4.78, 5) is 52.6. The van der Waals surface area contributed by atoms with Gasteiger partial charge in [-0.2, -0.15) is 0 Å². The van der Waals surface area contributed by atoms with E-state index < -0.39 is 23.5 Å². The first-order valence-electron chi connectivity index (χ1n) is 10.8. The van der Waals surface area contributed by atoms with Crippen LogP contribution in [0.1, 0.15) is 40.8 Å². The number of halogens is 1. The molecule has 11 heteroatoms.